The van der Waals surface area contributed by atoms with Crippen LogP contribution in [0.1, 0.15) is 12.8 Å². The SMILES string of the molecule is NC1CCN(c2c(-c3cc(F)cc(F)c3)cnc3ccc(-c4c(O)c(Cl)cc(F)c4F)cc23)CC1. The van der Waals surface area contributed by atoms with Crippen molar-refractivity contribution in [3.8, 4) is 28.0 Å². The highest BCUT2D eigenvalue weighted by atomic mass is 35.5. The Morgan fingerprint density at radius 3 is 2.31 bits per heavy atom. The number of hydrogen-bond acceptors (Lipinski definition) is 4. The Hall–Kier alpha value is -3.36. The van der Waals surface area contributed by atoms with Gasteiger partial charge in [0.05, 0.1) is 21.8 Å². The van der Waals surface area contributed by atoms with Crippen molar-refractivity contribution in [1.82, 2.24) is 4.98 Å². The molecule has 1 aromatic heterocycles. The van der Waals surface area contributed by atoms with Gasteiger partial charge in [0.15, 0.2) is 11.6 Å². The topological polar surface area (TPSA) is 62.4 Å². The zero-order valence-electron chi connectivity index (χ0n) is 18.3. The molecule has 35 heavy (non-hydrogen) atoms. The maximum absolute atomic E-state index is 14.7. The van der Waals surface area contributed by atoms with Gasteiger partial charge >= 0.3 is 0 Å². The summed E-state index contributed by atoms with van der Waals surface area (Å²) in [6, 6.07) is 8.63. The summed E-state index contributed by atoms with van der Waals surface area (Å²) in [5.41, 5.74) is 7.80. The summed E-state index contributed by atoms with van der Waals surface area (Å²) in [7, 11) is 0. The number of nitrogens with zero attached hydrogens (tertiary/aromatic N) is 2. The molecule has 5 rings (SSSR count). The molecule has 0 saturated carbocycles. The minimum atomic E-state index is -1.24. The van der Waals surface area contributed by atoms with Gasteiger partial charge in [0.25, 0.3) is 0 Å². The molecule has 3 N–H and O–H groups in total. The Labute approximate surface area is 203 Å². The molecule has 1 saturated heterocycles. The van der Waals surface area contributed by atoms with E-state index in [9.17, 15) is 22.7 Å². The second kappa shape index (κ2) is 9.02. The number of benzene rings is 3. The van der Waals surface area contributed by atoms with Gasteiger partial charge in [-0.3, -0.25) is 4.98 Å². The van der Waals surface area contributed by atoms with E-state index in [2.05, 4.69) is 4.98 Å². The van der Waals surface area contributed by atoms with E-state index in [1.54, 1.807) is 12.1 Å². The Bertz CT molecular complexity index is 1410. The number of hydrogen-bond donors (Lipinski definition) is 2. The number of rotatable bonds is 3. The summed E-state index contributed by atoms with van der Waals surface area (Å²) in [6.45, 7) is 1.17. The molecule has 3 aromatic carbocycles. The normalized spacial score (nSPS) is 14.6. The van der Waals surface area contributed by atoms with Crippen molar-refractivity contribution in [2.24, 2.45) is 5.73 Å². The van der Waals surface area contributed by atoms with Crippen molar-refractivity contribution in [1.29, 1.82) is 0 Å². The lowest BCUT2D eigenvalue weighted by Gasteiger charge is -2.34. The van der Waals surface area contributed by atoms with Crippen LogP contribution in [0.4, 0.5) is 23.2 Å². The van der Waals surface area contributed by atoms with E-state index in [1.807, 2.05) is 4.90 Å². The molecular weight excluding hydrogens is 482 g/mol. The lowest BCUT2D eigenvalue weighted by molar-refractivity contribution is 0.459. The number of piperidine rings is 1. The molecule has 0 aliphatic carbocycles. The zero-order chi connectivity index (χ0) is 24.9. The van der Waals surface area contributed by atoms with Gasteiger partial charge in [-0.2, -0.15) is 0 Å². The maximum atomic E-state index is 14.7. The van der Waals surface area contributed by atoms with Crippen LogP contribution in [0.2, 0.25) is 5.02 Å². The van der Waals surface area contributed by atoms with Crippen LogP contribution in [0.25, 0.3) is 33.2 Å². The van der Waals surface area contributed by atoms with E-state index in [-0.39, 0.29) is 27.8 Å². The van der Waals surface area contributed by atoms with Crippen molar-refractivity contribution in [2.45, 2.75) is 18.9 Å². The highest BCUT2D eigenvalue weighted by Gasteiger charge is 2.24. The molecule has 4 aromatic rings. The highest BCUT2D eigenvalue weighted by molar-refractivity contribution is 6.32. The third-order valence-electron chi connectivity index (χ3n) is 6.30. The molecule has 9 heteroatoms. The van der Waals surface area contributed by atoms with Gasteiger partial charge in [0, 0.05) is 42.3 Å². The number of pyridine rings is 1. The lowest BCUT2D eigenvalue weighted by atomic mass is 9.95. The van der Waals surface area contributed by atoms with Gasteiger partial charge in [0.2, 0.25) is 0 Å². The Morgan fingerprint density at radius 1 is 0.943 bits per heavy atom. The van der Waals surface area contributed by atoms with Gasteiger partial charge in [-0.1, -0.05) is 17.7 Å². The minimum absolute atomic E-state index is 0.0328. The van der Waals surface area contributed by atoms with E-state index >= 15 is 0 Å². The van der Waals surface area contributed by atoms with Gasteiger partial charge in [-0.25, -0.2) is 17.6 Å². The number of nitrogens with two attached hydrogens (primary N) is 1. The zero-order valence-corrected chi connectivity index (χ0v) is 19.1. The highest BCUT2D eigenvalue weighted by Crippen LogP contribution is 2.43. The fraction of sp³-hybridized carbons (Fsp3) is 0.192. The third kappa shape index (κ3) is 4.28. The average Bonchev–Trinajstić information content (AvgIpc) is 2.82. The first kappa shape index (κ1) is 23.4. The molecule has 2 heterocycles. The average molecular weight is 502 g/mol. The van der Waals surface area contributed by atoms with Crippen molar-refractivity contribution in [3.63, 3.8) is 0 Å². The Balaban J connectivity index is 1.79. The van der Waals surface area contributed by atoms with Crippen molar-refractivity contribution < 1.29 is 22.7 Å². The minimum Gasteiger partial charge on any atom is -0.506 e. The van der Waals surface area contributed by atoms with E-state index in [0.29, 0.717) is 54.2 Å². The summed E-state index contributed by atoms with van der Waals surface area (Å²) in [4.78, 5) is 6.50. The molecule has 0 amide bonds. The smallest absolute Gasteiger partial charge is 0.170 e. The Kier molecular flexibility index (Phi) is 6.02. The summed E-state index contributed by atoms with van der Waals surface area (Å²) in [5, 5.41) is 10.6. The fourth-order valence-corrected chi connectivity index (χ4v) is 4.76. The van der Waals surface area contributed by atoms with Gasteiger partial charge in [-0.05, 0) is 54.3 Å². The van der Waals surface area contributed by atoms with Crippen LogP contribution < -0.4 is 10.6 Å². The first-order chi connectivity index (χ1) is 16.7. The molecule has 0 radical (unpaired) electrons. The predicted octanol–water partition coefficient (Wildman–Crippen LogP) is 6.41. The fourth-order valence-electron chi connectivity index (χ4n) is 4.57. The molecule has 180 valence electrons. The van der Waals surface area contributed by atoms with Crippen LogP contribution in [0.5, 0.6) is 5.75 Å². The van der Waals surface area contributed by atoms with Crippen LogP contribution in [0, 0.1) is 23.3 Å². The monoisotopic (exact) mass is 501 g/mol. The molecule has 1 aliphatic rings. The molecular formula is C26H20ClF4N3O. The number of fused-ring (bicyclic) bond motifs is 1. The maximum Gasteiger partial charge on any atom is 0.170 e. The number of anilines is 1. The summed E-state index contributed by atoms with van der Waals surface area (Å²) < 4.78 is 57.0. The van der Waals surface area contributed by atoms with Crippen LogP contribution >= 0.6 is 11.6 Å². The van der Waals surface area contributed by atoms with Crippen molar-refractivity contribution in [3.05, 3.63) is 77.0 Å². The number of halogens is 5. The van der Waals surface area contributed by atoms with Crippen LogP contribution in [0.3, 0.4) is 0 Å². The van der Waals surface area contributed by atoms with Gasteiger partial charge < -0.3 is 15.7 Å². The van der Waals surface area contributed by atoms with E-state index in [0.717, 1.165) is 6.07 Å². The predicted molar refractivity (Wildman–Crippen MR) is 129 cm³/mol. The van der Waals surface area contributed by atoms with E-state index in [1.165, 1.54) is 24.4 Å². The molecule has 1 aliphatic heterocycles. The molecule has 1 fully saturated rings. The van der Waals surface area contributed by atoms with Crippen LogP contribution in [0.15, 0.2) is 48.7 Å². The quantitative estimate of drug-likeness (QED) is 0.251. The van der Waals surface area contributed by atoms with E-state index < -0.39 is 29.0 Å². The molecule has 4 nitrogen and oxygen atoms in total. The second-order valence-corrected chi connectivity index (χ2v) is 9.02. The Morgan fingerprint density at radius 2 is 1.63 bits per heavy atom. The first-order valence-electron chi connectivity index (χ1n) is 11.0. The second-order valence-electron chi connectivity index (χ2n) is 8.61. The number of phenolic OH excluding ortho intramolecular Hbond substituents is 1. The first-order valence-corrected chi connectivity index (χ1v) is 11.4. The largest absolute Gasteiger partial charge is 0.506 e. The lowest BCUT2D eigenvalue weighted by Crippen LogP contribution is -2.40. The summed E-state index contributed by atoms with van der Waals surface area (Å²) in [5.74, 6) is -4.50. The van der Waals surface area contributed by atoms with E-state index in [4.69, 9.17) is 17.3 Å². The van der Waals surface area contributed by atoms with Crippen LogP contribution in [-0.4, -0.2) is 29.2 Å². The standard InChI is InChI=1S/C26H20ClF4N3O/c27-20-11-21(30)24(31)23(26(20)35)13-1-2-22-18(9-13)25(34-5-3-17(32)4-6-34)19(12-33-22)14-7-15(28)10-16(29)8-14/h1-2,7-12,17,35H,3-6,32H2. The number of aromatic hydroxyl groups is 1. The molecule has 0 unspecified atom stereocenters. The number of phenols is 1. The number of aromatic nitrogens is 1. The van der Waals surface area contributed by atoms with Gasteiger partial charge in [0.1, 0.15) is 17.4 Å². The summed E-state index contributed by atoms with van der Waals surface area (Å²) in [6.07, 6.45) is 2.95. The molecule has 0 spiro atoms. The third-order valence-corrected chi connectivity index (χ3v) is 6.59. The van der Waals surface area contributed by atoms with Crippen LogP contribution in [-0.2, 0) is 0 Å². The van der Waals surface area contributed by atoms with Crippen molar-refractivity contribution >= 4 is 28.2 Å². The molecule has 0 bridgehead atoms. The summed E-state index contributed by atoms with van der Waals surface area (Å²) >= 11 is 5.90. The van der Waals surface area contributed by atoms with Gasteiger partial charge in [-0.15, -0.1) is 0 Å². The molecule has 0 atom stereocenters. The van der Waals surface area contributed by atoms with Crippen molar-refractivity contribution in [2.75, 3.05) is 18.0 Å².